The summed E-state index contributed by atoms with van der Waals surface area (Å²) in [5, 5.41) is 4.07. The third-order valence-corrected chi connectivity index (χ3v) is 6.19. The number of nitrogens with one attached hydrogen (secondary N) is 1. The van der Waals surface area contributed by atoms with Gasteiger partial charge in [-0.3, -0.25) is 4.79 Å². The smallest absolute Gasteiger partial charge is 0.364 e. The average molecular weight is 460 g/mol. The molecule has 178 valence electrons. The first-order chi connectivity index (χ1) is 15.3. The first kappa shape index (κ1) is 24.8. The van der Waals surface area contributed by atoms with Crippen LogP contribution in [0.4, 0.5) is 18.9 Å². The Balaban J connectivity index is 1.75. The highest BCUT2D eigenvalue weighted by Crippen LogP contribution is 2.45. The van der Waals surface area contributed by atoms with Crippen molar-refractivity contribution in [1.82, 2.24) is 5.43 Å². The van der Waals surface area contributed by atoms with Crippen molar-refractivity contribution in [2.75, 3.05) is 4.90 Å². The fraction of sp³-hybridized carbons (Fsp3) is 0.462. The number of fused-ring (bicyclic) bond motifs is 1. The SMILES string of the molecule is Cc1cc2c(cc1/C=N\NC(=O)Cc1cccc(C(F)(F)F)c1)C(C)CC(C)(C)N2C(C)C. The second-order valence-corrected chi connectivity index (χ2v) is 9.82. The van der Waals surface area contributed by atoms with Crippen LogP contribution in [0.1, 0.15) is 74.8 Å². The van der Waals surface area contributed by atoms with Gasteiger partial charge < -0.3 is 4.90 Å². The molecule has 2 aromatic carbocycles. The molecule has 0 aliphatic carbocycles. The zero-order valence-corrected chi connectivity index (χ0v) is 20.0. The summed E-state index contributed by atoms with van der Waals surface area (Å²) < 4.78 is 38.6. The molecule has 0 bridgehead atoms. The summed E-state index contributed by atoms with van der Waals surface area (Å²) in [7, 11) is 0. The standard InChI is InChI=1S/C26H32F3N3O/c1-16(2)32-23-10-17(3)20(13-22(23)18(4)14-25(32,5)6)15-30-31-24(33)12-19-8-7-9-21(11-19)26(27,28)29/h7-11,13,15-16,18H,12,14H2,1-6H3,(H,31,33)/b30-15-. The molecule has 1 amide bonds. The van der Waals surface area contributed by atoms with E-state index >= 15 is 0 Å². The summed E-state index contributed by atoms with van der Waals surface area (Å²) in [6.45, 7) is 13.2. The largest absolute Gasteiger partial charge is 0.416 e. The number of alkyl halides is 3. The van der Waals surface area contributed by atoms with E-state index < -0.39 is 17.6 Å². The van der Waals surface area contributed by atoms with Gasteiger partial charge in [-0.2, -0.15) is 18.3 Å². The number of amides is 1. The molecule has 1 heterocycles. The summed E-state index contributed by atoms with van der Waals surface area (Å²) in [5.74, 6) is -0.0875. The zero-order chi connectivity index (χ0) is 24.6. The van der Waals surface area contributed by atoms with Crippen LogP contribution >= 0.6 is 0 Å². The minimum atomic E-state index is -4.44. The lowest BCUT2D eigenvalue weighted by molar-refractivity contribution is -0.137. The molecular weight excluding hydrogens is 427 g/mol. The molecule has 0 saturated heterocycles. The van der Waals surface area contributed by atoms with Crippen molar-refractivity contribution in [2.45, 2.75) is 78.1 Å². The fourth-order valence-corrected chi connectivity index (χ4v) is 4.99. The molecule has 1 N–H and O–H groups in total. The minimum absolute atomic E-state index is 0.0556. The van der Waals surface area contributed by atoms with Crippen molar-refractivity contribution in [1.29, 1.82) is 0 Å². The molecule has 1 aliphatic heterocycles. The van der Waals surface area contributed by atoms with Gasteiger partial charge in [-0.05, 0) is 87.4 Å². The molecule has 2 aromatic rings. The molecule has 0 aromatic heterocycles. The van der Waals surface area contributed by atoms with Crippen LogP contribution in [0.15, 0.2) is 41.5 Å². The van der Waals surface area contributed by atoms with Gasteiger partial charge in [-0.25, -0.2) is 5.43 Å². The van der Waals surface area contributed by atoms with Gasteiger partial charge in [0.05, 0.1) is 18.2 Å². The van der Waals surface area contributed by atoms with Crippen LogP contribution in [0, 0.1) is 6.92 Å². The van der Waals surface area contributed by atoms with E-state index in [0.29, 0.717) is 12.0 Å². The van der Waals surface area contributed by atoms with E-state index in [-0.39, 0.29) is 17.5 Å². The molecule has 3 rings (SSSR count). The molecule has 1 atom stereocenters. The van der Waals surface area contributed by atoms with Gasteiger partial charge in [-0.15, -0.1) is 0 Å². The Morgan fingerprint density at radius 3 is 2.61 bits per heavy atom. The van der Waals surface area contributed by atoms with Gasteiger partial charge >= 0.3 is 6.18 Å². The summed E-state index contributed by atoms with van der Waals surface area (Å²) >= 11 is 0. The quantitative estimate of drug-likeness (QED) is 0.427. The lowest BCUT2D eigenvalue weighted by Crippen LogP contribution is -2.51. The Labute approximate surface area is 193 Å². The van der Waals surface area contributed by atoms with Crippen molar-refractivity contribution in [3.8, 4) is 0 Å². The molecule has 0 saturated carbocycles. The molecule has 1 unspecified atom stereocenters. The highest BCUT2D eigenvalue weighted by Gasteiger charge is 2.38. The lowest BCUT2D eigenvalue weighted by atomic mass is 9.78. The first-order valence-electron chi connectivity index (χ1n) is 11.2. The summed E-state index contributed by atoms with van der Waals surface area (Å²) in [6.07, 6.45) is -1.98. The van der Waals surface area contributed by atoms with Gasteiger partial charge in [0, 0.05) is 17.3 Å². The van der Waals surface area contributed by atoms with Crippen LogP contribution in [0.5, 0.6) is 0 Å². The van der Waals surface area contributed by atoms with E-state index in [1.807, 2.05) is 6.92 Å². The van der Waals surface area contributed by atoms with Gasteiger partial charge in [0.2, 0.25) is 5.91 Å². The molecule has 7 heteroatoms. The van der Waals surface area contributed by atoms with Crippen molar-refractivity contribution in [3.63, 3.8) is 0 Å². The highest BCUT2D eigenvalue weighted by molar-refractivity contribution is 5.86. The molecule has 0 spiro atoms. The first-order valence-corrected chi connectivity index (χ1v) is 11.2. The molecule has 1 aliphatic rings. The predicted octanol–water partition coefficient (Wildman–Crippen LogP) is 6.21. The van der Waals surface area contributed by atoms with Crippen LogP contribution in [-0.2, 0) is 17.4 Å². The van der Waals surface area contributed by atoms with Gasteiger partial charge in [0.25, 0.3) is 0 Å². The Kier molecular flexibility index (Phi) is 6.91. The van der Waals surface area contributed by atoms with E-state index in [0.717, 1.165) is 29.7 Å². The number of nitrogens with zero attached hydrogens (tertiary/aromatic N) is 2. The molecule has 33 heavy (non-hydrogen) atoms. The third-order valence-electron chi connectivity index (χ3n) is 6.19. The maximum absolute atomic E-state index is 12.9. The number of hydrogen-bond donors (Lipinski definition) is 1. The Morgan fingerprint density at radius 2 is 1.97 bits per heavy atom. The van der Waals surface area contributed by atoms with Crippen LogP contribution in [0.25, 0.3) is 0 Å². The third kappa shape index (κ3) is 5.57. The van der Waals surface area contributed by atoms with E-state index in [1.54, 1.807) is 6.21 Å². The lowest BCUT2D eigenvalue weighted by Gasteiger charge is -2.50. The number of rotatable bonds is 5. The van der Waals surface area contributed by atoms with Gasteiger partial charge in [-0.1, -0.05) is 25.1 Å². The van der Waals surface area contributed by atoms with E-state index in [4.69, 9.17) is 0 Å². The maximum atomic E-state index is 12.9. The van der Waals surface area contributed by atoms with Crippen molar-refractivity contribution < 1.29 is 18.0 Å². The summed E-state index contributed by atoms with van der Waals surface area (Å²) in [6, 6.07) is 9.44. The van der Waals surface area contributed by atoms with Crippen molar-refractivity contribution in [2.24, 2.45) is 5.10 Å². The molecular formula is C26H32F3N3O. The minimum Gasteiger partial charge on any atom is -0.364 e. The van der Waals surface area contributed by atoms with Crippen LogP contribution in [-0.4, -0.2) is 23.7 Å². The van der Waals surface area contributed by atoms with Crippen LogP contribution in [0.2, 0.25) is 0 Å². The highest BCUT2D eigenvalue weighted by atomic mass is 19.4. The number of carbonyl (C=O) groups is 1. The van der Waals surface area contributed by atoms with Crippen molar-refractivity contribution in [3.05, 3.63) is 64.2 Å². The molecule has 4 nitrogen and oxygen atoms in total. The zero-order valence-electron chi connectivity index (χ0n) is 20.0. The maximum Gasteiger partial charge on any atom is 0.416 e. The second-order valence-electron chi connectivity index (χ2n) is 9.82. The van der Waals surface area contributed by atoms with Crippen LogP contribution < -0.4 is 10.3 Å². The van der Waals surface area contributed by atoms with Gasteiger partial charge in [0.15, 0.2) is 0 Å². The number of carbonyl (C=O) groups excluding carboxylic acids is 1. The Morgan fingerprint density at radius 1 is 1.27 bits per heavy atom. The average Bonchev–Trinajstić information content (AvgIpc) is 2.67. The molecule has 0 fully saturated rings. The predicted molar refractivity (Wildman–Crippen MR) is 127 cm³/mol. The number of hydrogen-bond acceptors (Lipinski definition) is 3. The monoisotopic (exact) mass is 459 g/mol. The molecule has 0 radical (unpaired) electrons. The van der Waals surface area contributed by atoms with E-state index in [1.165, 1.54) is 23.4 Å². The second kappa shape index (κ2) is 9.20. The summed E-state index contributed by atoms with van der Waals surface area (Å²) in [5.41, 5.74) is 6.44. The number of hydrazone groups is 1. The number of benzene rings is 2. The Bertz CT molecular complexity index is 1060. The number of halogens is 3. The normalized spacial score (nSPS) is 18.0. The summed E-state index contributed by atoms with van der Waals surface area (Å²) in [4.78, 5) is 14.7. The number of aryl methyl sites for hydroxylation is 1. The van der Waals surface area contributed by atoms with Gasteiger partial charge in [0.1, 0.15) is 0 Å². The van der Waals surface area contributed by atoms with E-state index in [2.05, 4.69) is 62.2 Å². The topological polar surface area (TPSA) is 44.7 Å². The van der Waals surface area contributed by atoms with Crippen molar-refractivity contribution >= 4 is 17.8 Å². The fourth-order valence-electron chi connectivity index (χ4n) is 4.99. The van der Waals surface area contributed by atoms with E-state index in [9.17, 15) is 18.0 Å². The Hall–Kier alpha value is -2.83. The van der Waals surface area contributed by atoms with Crippen LogP contribution in [0.3, 0.4) is 0 Å². The number of anilines is 1.